The summed E-state index contributed by atoms with van der Waals surface area (Å²) in [5.41, 5.74) is 12.0. The Bertz CT molecular complexity index is 765. The highest BCUT2D eigenvalue weighted by Crippen LogP contribution is 2.38. The van der Waals surface area contributed by atoms with Crippen LogP contribution in [0.5, 0.6) is 0 Å². The fourth-order valence-corrected chi connectivity index (χ4v) is 3.34. The minimum atomic E-state index is -0.293. The monoisotopic (exact) mass is 389 g/mol. The van der Waals surface area contributed by atoms with Crippen LogP contribution in [0.1, 0.15) is 25.0 Å². The third-order valence-corrected chi connectivity index (χ3v) is 4.55. The van der Waals surface area contributed by atoms with Gasteiger partial charge >= 0.3 is 0 Å². The predicted octanol–water partition coefficient (Wildman–Crippen LogP) is 4.04. The van der Waals surface area contributed by atoms with Crippen molar-refractivity contribution in [1.29, 1.82) is 0 Å². The largest absolute Gasteiger partial charge is 0.361 e. The van der Waals surface area contributed by atoms with E-state index in [1.165, 1.54) is 22.3 Å². The van der Waals surface area contributed by atoms with Crippen molar-refractivity contribution in [2.75, 3.05) is 11.9 Å². The molecule has 0 saturated carbocycles. The van der Waals surface area contributed by atoms with Crippen LogP contribution in [-0.4, -0.2) is 17.2 Å². The van der Waals surface area contributed by atoms with Crippen LogP contribution in [0, 0.1) is 0 Å². The summed E-state index contributed by atoms with van der Waals surface area (Å²) >= 11 is 8.88. The molecule has 0 aliphatic heterocycles. The molecule has 3 rings (SSSR count). The molecule has 23 heavy (non-hydrogen) atoms. The Kier molecular flexibility index (Phi) is 4.45. The lowest BCUT2D eigenvalue weighted by Gasteiger charge is -2.20. The van der Waals surface area contributed by atoms with Crippen molar-refractivity contribution in [2.24, 2.45) is 5.73 Å². The van der Waals surface area contributed by atoms with Crippen LogP contribution >= 0.6 is 28.1 Å². The van der Waals surface area contributed by atoms with Crippen molar-refractivity contribution >= 4 is 38.9 Å². The summed E-state index contributed by atoms with van der Waals surface area (Å²) in [7, 11) is 0. The lowest BCUT2D eigenvalue weighted by atomic mass is 10.1. The maximum atomic E-state index is 5.96. The molecule has 0 aromatic heterocycles. The van der Waals surface area contributed by atoms with Crippen LogP contribution < -0.4 is 16.4 Å². The van der Waals surface area contributed by atoms with E-state index >= 15 is 0 Å². The first-order chi connectivity index (χ1) is 10.8. The van der Waals surface area contributed by atoms with Gasteiger partial charge in [-0.2, -0.15) is 0 Å². The van der Waals surface area contributed by atoms with E-state index in [0.29, 0.717) is 11.7 Å². The Morgan fingerprint density at radius 3 is 2.52 bits per heavy atom. The molecular formula is C18H20BrN3S. The van der Waals surface area contributed by atoms with Gasteiger partial charge in [-0.3, -0.25) is 0 Å². The van der Waals surface area contributed by atoms with Crippen LogP contribution in [0.3, 0.4) is 0 Å². The first kappa shape index (κ1) is 16.4. The van der Waals surface area contributed by atoms with Crippen molar-refractivity contribution in [3.05, 3.63) is 52.0 Å². The van der Waals surface area contributed by atoms with Gasteiger partial charge in [0.15, 0.2) is 5.11 Å². The van der Waals surface area contributed by atoms with E-state index in [4.69, 9.17) is 18.0 Å². The van der Waals surface area contributed by atoms with Gasteiger partial charge in [0.25, 0.3) is 0 Å². The number of nitrogens with two attached hydrogens (primary N) is 1. The first-order valence-electron chi connectivity index (χ1n) is 7.57. The van der Waals surface area contributed by atoms with E-state index in [0.717, 1.165) is 16.6 Å². The molecule has 0 saturated heterocycles. The van der Waals surface area contributed by atoms with Crippen LogP contribution in [0.4, 0.5) is 5.69 Å². The molecule has 3 nitrogen and oxygen atoms in total. The molecule has 0 bridgehead atoms. The van der Waals surface area contributed by atoms with Gasteiger partial charge in [-0.15, -0.1) is 0 Å². The van der Waals surface area contributed by atoms with E-state index in [1.807, 2.05) is 13.8 Å². The standard InChI is InChI=1S/C18H20BrN3S/c1-18(2,20)10-21-17(23)22-14-4-6-16-12(9-14)7-11-8-13(19)3-5-15(11)16/h3-6,8-9H,7,10,20H2,1-2H3,(H2,21,22,23). The third kappa shape index (κ3) is 3.91. The van der Waals surface area contributed by atoms with E-state index in [-0.39, 0.29) is 5.54 Å². The van der Waals surface area contributed by atoms with Gasteiger partial charge in [-0.1, -0.05) is 28.1 Å². The minimum absolute atomic E-state index is 0.293. The Hall–Kier alpha value is -1.43. The highest BCUT2D eigenvalue weighted by atomic mass is 79.9. The molecule has 4 N–H and O–H groups in total. The quantitative estimate of drug-likeness (QED) is 0.591. The van der Waals surface area contributed by atoms with Gasteiger partial charge in [0.05, 0.1) is 0 Å². The number of hydrogen-bond acceptors (Lipinski definition) is 2. The van der Waals surface area contributed by atoms with Crippen molar-refractivity contribution in [1.82, 2.24) is 5.32 Å². The van der Waals surface area contributed by atoms with Crippen molar-refractivity contribution in [3.63, 3.8) is 0 Å². The summed E-state index contributed by atoms with van der Waals surface area (Å²) in [5, 5.41) is 6.99. The number of halogens is 1. The second-order valence-corrected chi connectivity index (χ2v) is 7.97. The number of anilines is 1. The second-order valence-electron chi connectivity index (χ2n) is 6.65. The topological polar surface area (TPSA) is 50.1 Å². The Morgan fingerprint density at radius 2 is 1.83 bits per heavy atom. The van der Waals surface area contributed by atoms with Gasteiger partial charge < -0.3 is 16.4 Å². The molecule has 0 radical (unpaired) electrons. The normalized spacial score (nSPS) is 12.5. The fourth-order valence-electron chi connectivity index (χ4n) is 2.74. The summed E-state index contributed by atoms with van der Waals surface area (Å²) in [6, 6.07) is 12.9. The SMILES string of the molecule is CC(C)(N)CNC(=S)Nc1ccc2c(c1)Cc1cc(Br)ccc1-2. The third-order valence-electron chi connectivity index (χ3n) is 3.81. The van der Waals surface area contributed by atoms with Gasteiger partial charge in [-0.05, 0) is 79.0 Å². The number of nitrogens with one attached hydrogen (secondary N) is 2. The molecule has 5 heteroatoms. The fraction of sp³-hybridized carbons (Fsp3) is 0.278. The Balaban J connectivity index is 1.72. The van der Waals surface area contributed by atoms with Crippen LogP contribution in [0.15, 0.2) is 40.9 Å². The first-order valence-corrected chi connectivity index (χ1v) is 8.77. The molecule has 1 aliphatic carbocycles. The van der Waals surface area contributed by atoms with Gasteiger partial charge in [0.2, 0.25) is 0 Å². The van der Waals surface area contributed by atoms with Crippen molar-refractivity contribution in [3.8, 4) is 11.1 Å². The lowest BCUT2D eigenvalue weighted by Crippen LogP contribution is -2.46. The molecule has 0 amide bonds. The molecule has 0 unspecified atom stereocenters. The molecule has 120 valence electrons. The van der Waals surface area contributed by atoms with Crippen molar-refractivity contribution < 1.29 is 0 Å². The van der Waals surface area contributed by atoms with Gasteiger partial charge in [-0.25, -0.2) is 0 Å². The van der Waals surface area contributed by atoms with Gasteiger partial charge in [0, 0.05) is 22.2 Å². The molecule has 2 aromatic rings. The van der Waals surface area contributed by atoms with Gasteiger partial charge in [0.1, 0.15) is 0 Å². The maximum Gasteiger partial charge on any atom is 0.170 e. The minimum Gasteiger partial charge on any atom is -0.361 e. The molecule has 0 fully saturated rings. The summed E-state index contributed by atoms with van der Waals surface area (Å²) in [4.78, 5) is 0. The maximum absolute atomic E-state index is 5.96. The highest BCUT2D eigenvalue weighted by Gasteiger charge is 2.19. The van der Waals surface area contributed by atoms with Crippen LogP contribution in [-0.2, 0) is 6.42 Å². The molecule has 0 spiro atoms. The Labute approximate surface area is 150 Å². The molecule has 0 heterocycles. The zero-order chi connectivity index (χ0) is 16.6. The zero-order valence-corrected chi connectivity index (χ0v) is 15.6. The van der Waals surface area contributed by atoms with E-state index in [9.17, 15) is 0 Å². The predicted molar refractivity (Wildman–Crippen MR) is 105 cm³/mol. The van der Waals surface area contributed by atoms with E-state index in [2.05, 4.69) is 63.0 Å². The molecule has 0 atom stereocenters. The molecular weight excluding hydrogens is 370 g/mol. The van der Waals surface area contributed by atoms with E-state index in [1.54, 1.807) is 0 Å². The number of fused-ring (bicyclic) bond motifs is 3. The number of thiocarbonyl (C=S) groups is 1. The number of hydrogen-bond donors (Lipinski definition) is 3. The number of rotatable bonds is 3. The average molecular weight is 390 g/mol. The van der Waals surface area contributed by atoms with Crippen molar-refractivity contribution in [2.45, 2.75) is 25.8 Å². The summed E-state index contributed by atoms with van der Waals surface area (Å²) in [6.45, 7) is 4.56. The summed E-state index contributed by atoms with van der Waals surface area (Å²) in [5.74, 6) is 0. The van der Waals surface area contributed by atoms with Crippen LogP contribution in [0.2, 0.25) is 0 Å². The number of benzene rings is 2. The summed E-state index contributed by atoms with van der Waals surface area (Å²) < 4.78 is 1.12. The zero-order valence-electron chi connectivity index (χ0n) is 13.2. The lowest BCUT2D eigenvalue weighted by molar-refractivity contribution is 0.509. The smallest absolute Gasteiger partial charge is 0.170 e. The molecule has 1 aliphatic rings. The summed E-state index contributed by atoms with van der Waals surface area (Å²) in [6.07, 6.45) is 0.954. The molecule has 2 aromatic carbocycles. The average Bonchev–Trinajstić information content (AvgIpc) is 2.80. The van der Waals surface area contributed by atoms with Crippen LogP contribution in [0.25, 0.3) is 11.1 Å². The highest BCUT2D eigenvalue weighted by molar-refractivity contribution is 9.10. The van der Waals surface area contributed by atoms with E-state index < -0.39 is 0 Å². The Morgan fingerprint density at radius 1 is 1.17 bits per heavy atom. The second kappa shape index (κ2) is 6.23.